The number of aryl methyl sites for hydroxylation is 2. The lowest BCUT2D eigenvalue weighted by atomic mass is 10.2. The fourth-order valence-corrected chi connectivity index (χ4v) is 1.59. The van der Waals surface area contributed by atoms with E-state index < -0.39 is 0 Å². The van der Waals surface area contributed by atoms with Gasteiger partial charge in [-0.3, -0.25) is 4.79 Å². The van der Waals surface area contributed by atoms with Gasteiger partial charge in [-0.1, -0.05) is 18.2 Å². The first-order valence-corrected chi connectivity index (χ1v) is 5.19. The van der Waals surface area contributed by atoms with E-state index in [9.17, 15) is 4.79 Å². The van der Waals surface area contributed by atoms with Gasteiger partial charge in [-0.15, -0.1) is 0 Å². The number of carbonyl (C=O) groups is 1. The van der Waals surface area contributed by atoms with Gasteiger partial charge in [-0.05, 0) is 37.1 Å². The molecule has 16 heavy (non-hydrogen) atoms. The number of benzene rings is 1. The van der Waals surface area contributed by atoms with Crippen LogP contribution in [0.1, 0.15) is 21.6 Å². The first-order valence-electron chi connectivity index (χ1n) is 5.19. The van der Waals surface area contributed by atoms with E-state index in [0.717, 1.165) is 16.8 Å². The van der Waals surface area contributed by atoms with Crippen LogP contribution in [-0.4, -0.2) is 10.9 Å². The average molecular weight is 214 g/mol. The Morgan fingerprint density at radius 3 is 2.50 bits per heavy atom. The number of hydrogen-bond acceptors (Lipinski definition) is 1. The summed E-state index contributed by atoms with van der Waals surface area (Å²) in [4.78, 5) is 14.8. The zero-order chi connectivity index (χ0) is 11.5. The van der Waals surface area contributed by atoms with Crippen molar-refractivity contribution in [1.29, 1.82) is 0 Å². The van der Waals surface area contributed by atoms with Gasteiger partial charge in [0.15, 0.2) is 0 Å². The quantitative estimate of drug-likeness (QED) is 0.793. The molecule has 3 nitrogen and oxygen atoms in total. The molecule has 0 unspecified atom stereocenters. The maximum Gasteiger partial charge on any atom is 0.272 e. The van der Waals surface area contributed by atoms with Crippen LogP contribution in [0.25, 0.3) is 0 Å². The molecule has 0 radical (unpaired) electrons. The van der Waals surface area contributed by atoms with Crippen LogP contribution >= 0.6 is 0 Å². The van der Waals surface area contributed by atoms with Crippen LogP contribution in [0.2, 0.25) is 0 Å². The first-order chi connectivity index (χ1) is 7.68. The fraction of sp³-hybridized carbons (Fsp3) is 0.154. The van der Waals surface area contributed by atoms with Crippen molar-refractivity contribution in [2.24, 2.45) is 0 Å². The Balaban J connectivity index is 2.21. The van der Waals surface area contributed by atoms with E-state index in [-0.39, 0.29) is 5.91 Å². The number of aromatic amines is 1. The highest BCUT2D eigenvalue weighted by atomic mass is 16.1. The monoisotopic (exact) mass is 214 g/mol. The van der Waals surface area contributed by atoms with Crippen LogP contribution in [-0.2, 0) is 0 Å². The second-order valence-corrected chi connectivity index (χ2v) is 3.80. The van der Waals surface area contributed by atoms with Crippen molar-refractivity contribution in [3.05, 3.63) is 53.3 Å². The van der Waals surface area contributed by atoms with Crippen molar-refractivity contribution in [1.82, 2.24) is 4.98 Å². The molecule has 1 aromatic heterocycles. The summed E-state index contributed by atoms with van der Waals surface area (Å²) >= 11 is 0. The molecule has 0 aliphatic heterocycles. The summed E-state index contributed by atoms with van der Waals surface area (Å²) in [7, 11) is 0. The third-order valence-electron chi connectivity index (χ3n) is 2.58. The molecule has 1 aromatic carbocycles. The van der Waals surface area contributed by atoms with Gasteiger partial charge < -0.3 is 10.3 Å². The number of rotatable bonds is 2. The van der Waals surface area contributed by atoms with Crippen molar-refractivity contribution in [3.63, 3.8) is 0 Å². The van der Waals surface area contributed by atoms with Gasteiger partial charge in [0.2, 0.25) is 0 Å². The number of nitrogens with one attached hydrogen (secondary N) is 2. The van der Waals surface area contributed by atoms with Crippen molar-refractivity contribution in [2.75, 3.05) is 5.32 Å². The highest BCUT2D eigenvalue weighted by Gasteiger charge is 2.10. The van der Waals surface area contributed by atoms with E-state index in [1.807, 2.05) is 44.2 Å². The minimum Gasteiger partial charge on any atom is -0.357 e. The van der Waals surface area contributed by atoms with E-state index in [4.69, 9.17) is 0 Å². The Labute approximate surface area is 94.5 Å². The van der Waals surface area contributed by atoms with Crippen molar-refractivity contribution in [3.8, 4) is 0 Å². The second kappa shape index (κ2) is 4.23. The zero-order valence-electron chi connectivity index (χ0n) is 9.37. The van der Waals surface area contributed by atoms with Crippen LogP contribution in [0, 0.1) is 13.8 Å². The van der Waals surface area contributed by atoms with Crippen molar-refractivity contribution in [2.45, 2.75) is 13.8 Å². The van der Waals surface area contributed by atoms with E-state index in [1.54, 1.807) is 6.20 Å². The molecule has 2 N–H and O–H groups in total. The topological polar surface area (TPSA) is 44.9 Å². The van der Waals surface area contributed by atoms with Crippen LogP contribution in [0.4, 0.5) is 5.69 Å². The molecule has 0 saturated heterocycles. The van der Waals surface area contributed by atoms with Gasteiger partial charge in [0.1, 0.15) is 5.69 Å². The average Bonchev–Trinajstić information content (AvgIpc) is 2.68. The number of H-pyrrole nitrogens is 1. The third-order valence-corrected chi connectivity index (χ3v) is 2.58. The first kappa shape index (κ1) is 10.5. The van der Waals surface area contributed by atoms with E-state index in [1.165, 1.54) is 0 Å². The van der Waals surface area contributed by atoms with E-state index in [2.05, 4.69) is 10.3 Å². The minimum atomic E-state index is -0.100. The molecule has 1 amide bonds. The Hall–Kier alpha value is -2.03. The van der Waals surface area contributed by atoms with Gasteiger partial charge >= 0.3 is 0 Å². The molecular weight excluding hydrogens is 200 g/mol. The summed E-state index contributed by atoms with van der Waals surface area (Å²) in [5, 5.41) is 2.88. The molecular formula is C13H14N2O. The van der Waals surface area contributed by atoms with Crippen LogP contribution < -0.4 is 5.32 Å². The van der Waals surface area contributed by atoms with E-state index in [0.29, 0.717) is 5.69 Å². The molecule has 0 bridgehead atoms. The van der Waals surface area contributed by atoms with E-state index >= 15 is 0 Å². The number of carbonyl (C=O) groups excluding carboxylic acids is 1. The van der Waals surface area contributed by atoms with Crippen molar-refractivity contribution < 1.29 is 4.79 Å². The summed E-state index contributed by atoms with van der Waals surface area (Å²) in [6.07, 6.45) is 1.77. The normalized spacial score (nSPS) is 10.1. The Bertz CT molecular complexity index is 514. The summed E-state index contributed by atoms with van der Waals surface area (Å²) < 4.78 is 0. The van der Waals surface area contributed by atoms with Gasteiger partial charge in [0.25, 0.3) is 5.91 Å². The maximum absolute atomic E-state index is 11.9. The second-order valence-electron chi connectivity index (χ2n) is 3.80. The fourth-order valence-electron chi connectivity index (χ4n) is 1.59. The summed E-state index contributed by atoms with van der Waals surface area (Å²) in [5.74, 6) is -0.100. The maximum atomic E-state index is 11.9. The van der Waals surface area contributed by atoms with Crippen molar-refractivity contribution >= 4 is 11.6 Å². The molecule has 1 heterocycles. The molecule has 0 spiro atoms. The van der Waals surface area contributed by atoms with Gasteiger partial charge in [-0.25, -0.2) is 0 Å². The number of amides is 1. The minimum absolute atomic E-state index is 0.100. The molecule has 2 rings (SSSR count). The zero-order valence-corrected chi connectivity index (χ0v) is 9.37. The highest BCUT2D eigenvalue weighted by molar-refractivity contribution is 6.04. The summed E-state index contributed by atoms with van der Waals surface area (Å²) in [6, 6.07) is 9.60. The highest BCUT2D eigenvalue weighted by Crippen LogP contribution is 2.15. The third kappa shape index (κ3) is 1.98. The molecule has 0 saturated carbocycles. The van der Waals surface area contributed by atoms with Crippen LogP contribution in [0.5, 0.6) is 0 Å². The van der Waals surface area contributed by atoms with Crippen LogP contribution in [0.3, 0.4) is 0 Å². The number of hydrogen-bond donors (Lipinski definition) is 2. The SMILES string of the molecule is Cc1ccccc1NC(=O)c1[nH]ccc1C. The number of para-hydroxylation sites is 1. The van der Waals surface area contributed by atoms with Gasteiger partial charge in [0, 0.05) is 11.9 Å². The Morgan fingerprint density at radius 2 is 1.88 bits per heavy atom. The summed E-state index contributed by atoms with van der Waals surface area (Å²) in [6.45, 7) is 3.88. The lowest BCUT2D eigenvalue weighted by Gasteiger charge is -2.07. The molecule has 0 atom stereocenters. The lowest BCUT2D eigenvalue weighted by Crippen LogP contribution is -2.14. The Kier molecular flexibility index (Phi) is 2.77. The molecule has 0 aliphatic carbocycles. The summed E-state index contributed by atoms with van der Waals surface area (Å²) in [5.41, 5.74) is 3.47. The van der Waals surface area contributed by atoms with Gasteiger partial charge in [0.05, 0.1) is 0 Å². The largest absolute Gasteiger partial charge is 0.357 e. The standard InChI is InChI=1S/C13H14N2O/c1-9-5-3-4-6-11(9)15-13(16)12-10(2)7-8-14-12/h3-8,14H,1-2H3,(H,15,16). The van der Waals surface area contributed by atoms with Crippen LogP contribution in [0.15, 0.2) is 36.5 Å². The predicted octanol–water partition coefficient (Wildman–Crippen LogP) is 2.88. The number of aromatic nitrogens is 1. The lowest BCUT2D eigenvalue weighted by molar-refractivity contribution is 0.102. The molecule has 0 aliphatic rings. The number of anilines is 1. The Morgan fingerprint density at radius 1 is 1.12 bits per heavy atom. The molecule has 0 fully saturated rings. The smallest absolute Gasteiger partial charge is 0.272 e. The van der Waals surface area contributed by atoms with Gasteiger partial charge in [-0.2, -0.15) is 0 Å². The molecule has 2 aromatic rings. The molecule has 82 valence electrons. The predicted molar refractivity (Wildman–Crippen MR) is 64.7 cm³/mol. The molecule has 3 heteroatoms.